The second-order valence-corrected chi connectivity index (χ2v) is 9.20. The Morgan fingerprint density at radius 1 is 1.16 bits per heavy atom. The lowest BCUT2D eigenvalue weighted by atomic mass is 10.1. The molecule has 1 fully saturated rings. The number of nitrogens with zero attached hydrogens (tertiary/aromatic N) is 3. The molecule has 6 nitrogen and oxygen atoms in total. The SMILES string of the molecule is CCc1cn(CCOc2cccc(OC3CCNCC3)c2)c(-c2cc3sccc3n2C)n1. The molecule has 7 heteroatoms. The van der Waals surface area contributed by atoms with Crippen molar-refractivity contribution in [3.63, 3.8) is 0 Å². The van der Waals surface area contributed by atoms with Gasteiger partial charge in [-0.3, -0.25) is 0 Å². The minimum Gasteiger partial charge on any atom is -0.492 e. The van der Waals surface area contributed by atoms with Gasteiger partial charge in [0, 0.05) is 19.3 Å². The van der Waals surface area contributed by atoms with Gasteiger partial charge in [-0.1, -0.05) is 13.0 Å². The van der Waals surface area contributed by atoms with Gasteiger partial charge in [-0.05, 0) is 62.0 Å². The van der Waals surface area contributed by atoms with E-state index in [4.69, 9.17) is 14.5 Å². The lowest BCUT2D eigenvalue weighted by molar-refractivity contribution is 0.161. The van der Waals surface area contributed by atoms with E-state index in [1.54, 1.807) is 11.3 Å². The number of hydrogen-bond donors (Lipinski definition) is 1. The third-order valence-electron chi connectivity index (χ3n) is 6.08. The Morgan fingerprint density at radius 3 is 2.81 bits per heavy atom. The smallest absolute Gasteiger partial charge is 0.157 e. The second kappa shape index (κ2) is 9.38. The molecule has 1 aliphatic rings. The Labute approximate surface area is 192 Å². The zero-order valence-electron chi connectivity index (χ0n) is 18.7. The van der Waals surface area contributed by atoms with Crippen LogP contribution < -0.4 is 14.8 Å². The van der Waals surface area contributed by atoms with Gasteiger partial charge in [0.15, 0.2) is 5.82 Å². The van der Waals surface area contributed by atoms with Gasteiger partial charge < -0.3 is 23.9 Å². The van der Waals surface area contributed by atoms with Crippen molar-refractivity contribution in [3.05, 3.63) is 53.7 Å². The predicted octanol–water partition coefficient (Wildman–Crippen LogP) is 4.88. The number of fused-ring (bicyclic) bond motifs is 1. The van der Waals surface area contributed by atoms with Gasteiger partial charge in [0.1, 0.15) is 24.2 Å². The third-order valence-corrected chi connectivity index (χ3v) is 6.93. The number of hydrogen-bond acceptors (Lipinski definition) is 5. The summed E-state index contributed by atoms with van der Waals surface area (Å²) >= 11 is 1.77. The van der Waals surface area contributed by atoms with Crippen molar-refractivity contribution < 1.29 is 9.47 Å². The van der Waals surface area contributed by atoms with Crippen LogP contribution in [0.5, 0.6) is 11.5 Å². The van der Waals surface area contributed by atoms with Gasteiger partial charge in [0.2, 0.25) is 0 Å². The second-order valence-electron chi connectivity index (χ2n) is 8.25. The van der Waals surface area contributed by atoms with E-state index in [2.05, 4.69) is 52.1 Å². The molecular weight excluding hydrogens is 420 g/mol. The van der Waals surface area contributed by atoms with E-state index in [0.717, 1.165) is 67.6 Å². The molecule has 1 aromatic carbocycles. The lowest BCUT2D eigenvalue weighted by Crippen LogP contribution is -2.34. The zero-order valence-corrected chi connectivity index (χ0v) is 19.5. The van der Waals surface area contributed by atoms with E-state index in [9.17, 15) is 0 Å². The summed E-state index contributed by atoms with van der Waals surface area (Å²) < 4.78 is 18.0. The lowest BCUT2D eigenvalue weighted by Gasteiger charge is -2.24. The van der Waals surface area contributed by atoms with Crippen LogP contribution in [0.2, 0.25) is 0 Å². The summed E-state index contributed by atoms with van der Waals surface area (Å²) in [5.74, 6) is 2.72. The van der Waals surface area contributed by atoms with Gasteiger partial charge in [0.05, 0.1) is 28.1 Å². The minimum absolute atomic E-state index is 0.285. The average Bonchev–Trinajstić information content (AvgIpc) is 3.51. The van der Waals surface area contributed by atoms with Crippen molar-refractivity contribution in [2.45, 2.75) is 38.8 Å². The normalized spacial score (nSPS) is 14.8. The molecule has 4 aromatic rings. The summed E-state index contributed by atoms with van der Waals surface area (Å²) in [7, 11) is 2.11. The maximum atomic E-state index is 6.15. The van der Waals surface area contributed by atoms with Crippen molar-refractivity contribution in [3.8, 4) is 23.0 Å². The van der Waals surface area contributed by atoms with Crippen LogP contribution in [0.25, 0.3) is 21.7 Å². The number of nitrogens with one attached hydrogen (secondary N) is 1. The number of benzene rings is 1. The molecule has 1 N–H and O–H groups in total. The Hall–Kier alpha value is -2.77. The van der Waals surface area contributed by atoms with Crippen molar-refractivity contribution in [1.29, 1.82) is 0 Å². The van der Waals surface area contributed by atoms with E-state index < -0.39 is 0 Å². The fourth-order valence-corrected chi connectivity index (χ4v) is 5.13. The highest BCUT2D eigenvalue weighted by atomic mass is 32.1. The summed E-state index contributed by atoms with van der Waals surface area (Å²) in [6.45, 7) is 5.49. The van der Waals surface area contributed by atoms with E-state index in [-0.39, 0.29) is 6.10 Å². The average molecular weight is 451 g/mol. The molecule has 32 heavy (non-hydrogen) atoms. The first-order valence-electron chi connectivity index (χ1n) is 11.4. The Bertz CT molecular complexity index is 1190. The molecule has 0 bridgehead atoms. The van der Waals surface area contributed by atoms with Crippen LogP contribution in [0.3, 0.4) is 0 Å². The highest BCUT2D eigenvalue weighted by molar-refractivity contribution is 7.17. The number of rotatable bonds is 8. The molecule has 5 rings (SSSR count). The quantitative estimate of drug-likeness (QED) is 0.416. The molecule has 0 atom stereocenters. The molecule has 0 spiro atoms. The monoisotopic (exact) mass is 450 g/mol. The van der Waals surface area contributed by atoms with E-state index in [1.165, 1.54) is 10.2 Å². The van der Waals surface area contributed by atoms with Crippen LogP contribution in [0.4, 0.5) is 0 Å². The van der Waals surface area contributed by atoms with E-state index in [0.29, 0.717) is 6.61 Å². The molecule has 0 radical (unpaired) electrons. The van der Waals surface area contributed by atoms with Crippen LogP contribution in [-0.4, -0.2) is 39.9 Å². The first-order valence-corrected chi connectivity index (χ1v) is 12.3. The maximum Gasteiger partial charge on any atom is 0.157 e. The Kier molecular flexibility index (Phi) is 6.19. The molecule has 1 saturated heterocycles. The summed E-state index contributed by atoms with van der Waals surface area (Å²) in [5, 5.41) is 5.51. The molecule has 0 aliphatic carbocycles. The molecule has 1 aliphatic heterocycles. The molecule has 168 valence electrons. The number of aryl methyl sites for hydroxylation is 2. The van der Waals surface area contributed by atoms with Gasteiger partial charge in [-0.25, -0.2) is 4.98 Å². The largest absolute Gasteiger partial charge is 0.492 e. The number of imidazole rings is 1. The maximum absolute atomic E-state index is 6.15. The third kappa shape index (κ3) is 4.40. The molecular formula is C25H30N4O2S. The van der Waals surface area contributed by atoms with E-state index >= 15 is 0 Å². The van der Waals surface area contributed by atoms with Crippen molar-refractivity contribution in [2.75, 3.05) is 19.7 Å². The van der Waals surface area contributed by atoms with Gasteiger partial charge in [-0.15, -0.1) is 11.3 Å². The fourth-order valence-electron chi connectivity index (χ4n) is 4.28. The number of piperidine rings is 1. The van der Waals surface area contributed by atoms with Crippen molar-refractivity contribution in [1.82, 2.24) is 19.4 Å². The molecule has 4 heterocycles. The Balaban J connectivity index is 1.27. The molecule has 3 aromatic heterocycles. The van der Waals surface area contributed by atoms with Crippen molar-refractivity contribution >= 4 is 21.6 Å². The van der Waals surface area contributed by atoms with Crippen LogP contribution in [0.15, 0.2) is 48.0 Å². The van der Waals surface area contributed by atoms with Crippen LogP contribution in [0, 0.1) is 0 Å². The molecule has 0 saturated carbocycles. The number of thiophene rings is 1. The first kappa shape index (κ1) is 21.1. The topological polar surface area (TPSA) is 53.2 Å². The predicted molar refractivity (Wildman–Crippen MR) is 130 cm³/mol. The van der Waals surface area contributed by atoms with Crippen molar-refractivity contribution in [2.24, 2.45) is 7.05 Å². The fraction of sp³-hybridized carbons (Fsp3) is 0.400. The summed E-state index contributed by atoms with van der Waals surface area (Å²) in [6, 6.07) is 12.4. The summed E-state index contributed by atoms with van der Waals surface area (Å²) in [6.07, 6.45) is 5.44. The van der Waals surface area contributed by atoms with Crippen LogP contribution >= 0.6 is 11.3 Å². The molecule has 0 unspecified atom stereocenters. The summed E-state index contributed by atoms with van der Waals surface area (Å²) in [5.41, 5.74) is 3.49. The number of ether oxygens (including phenoxy) is 2. The highest BCUT2D eigenvalue weighted by Gasteiger charge is 2.16. The van der Waals surface area contributed by atoms with Crippen LogP contribution in [-0.2, 0) is 20.0 Å². The Morgan fingerprint density at radius 2 is 2.00 bits per heavy atom. The number of aromatic nitrogens is 3. The first-order chi connectivity index (χ1) is 15.7. The van der Waals surface area contributed by atoms with Crippen LogP contribution in [0.1, 0.15) is 25.5 Å². The van der Waals surface area contributed by atoms with Gasteiger partial charge >= 0.3 is 0 Å². The minimum atomic E-state index is 0.285. The van der Waals surface area contributed by atoms with Gasteiger partial charge in [0.25, 0.3) is 0 Å². The standard InChI is InChI=1S/C25H30N4O2S/c1-3-18-17-29(25(27-18)23-16-24-22(28(23)2)9-14-32-24)12-13-30-20-5-4-6-21(15-20)31-19-7-10-26-11-8-19/h4-6,9,14-17,19,26H,3,7-8,10-13H2,1-2H3. The van der Waals surface area contributed by atoms with Gasteiger partial charge in [-0.2, -0.15) is 0 Å². The molecule has 0 amide bonds. The highest BCUT2D eigenvalue weighted by Crippen LogP contribution is 2.30. The van der Waals surface area contributed by atoms with E-state index in [1.807, 2.05) is 24.3 Å². The summed E-state index contributed by atoms with van der Waals surface area (Å²) in [4.78, 5) is 4.91. The zero-order chi connectivity index (χ0) is 21.9.